The highest BCUT2D eigenvalue weighted by atomic mass is 16.5. The Bertz CT molecular complexity index is 794. The molecule has 6 nitrogen and oxygen atoms in total. The molecule has 0 amide bonds. The molecule has 1 aliphatic rings. The summed E-state index contributed by atoms with van der Waals surface area (Å²) in [5.41, 5.74) is 3.41. The van der Waals surface area contributed by atoms with Crippen LogP contribution in [0.2, 0.25) is 0 Å². The molecule has 6 heteroatoms. The van der Waals surface area contributed by atoms with Crippen molar-refractivity contribution in [2.24, 2.45) is 0 Å². The molecule has 2 N–H and O–H groups in total. The molecule has 1 saturated heterocycles. The fourth-order valence-electron chi connectivity index (χ4n) is 3.61. The molecule has 1 fully saturated rings. The van der Waals surface area contributed by atoms with Crippen molar-refractivity contribution < 1.29 is 4.74 Å². The van der Waals surface area contributed by atoms with Crippen LogP contribution in [0.5, 0.6) is 5.75 Å². The molecule has 25 heavy (non-hydrogen) atoms. The molecule has 1 aromatic carbocycles. The summed E-state index contributed by atoms with van der Waals surface area (Å²) in [6, 6.07) is 8.44. The normalized spacial score (nSPS) is 18.4. The Balaban J connectivity index is 1.57. The summed E-state index contributed by atoms with van der Waals surface area (Å²) in [5, 5.41) is 7.45. The Kier molecular flexibility index (Phi) is 4.52. The molecule has 0 aliphatic carbocycles. The lowest BCUT2D eigenvalue weighted by atomic mass is 10.00. The highest BCUT2D eigenvalue weighted by Crippen LogP contribution is 2.32. The van der Waals surface area contributed by atoms with E-state index >= 15 is 0 Å². The van der Waals surface area contributed by atoms with Crippen LogP contribution in [-0.2, 0) is 6.54 Å². The number of ether oxygens (including phenoxy) is 1. The summed E-state index contributed by atoms with van der Waals surface area (Å²) in [7, 11) is 1.68. The van der Waals surface area contributed by atoms with Gasteiger partial charge in [-0.2, -0.15) is 5.10 Å². The molecule has 3 aromatic rings. The van der Waals surface area contributed by atoms with Gasteiger partial charge >= 0.3 is 0 Å². The fourth-order valence-corrected chi connectivity index (χ4v) is 3.61. The molecule has 130 valence electrons. The van der Waals surface area contributed by atoms with Crippen LogP contribution in [0, 0.1) is 0 Å². The van der Waals surface area contributed by atoms with E-state index in [1.54, 1.807) is 7.11 Å². The fraction of sp³-hybridized carbons (Fsp3) is 0.368. The molecule has 0 saturated carbocycles. The number of H-pyrrole nitrogens is 2. The van der Waals surface area contributed by atoms with Crippen molar-refractivity contribution in [1.82, 2.24) is 25.1 Å². The van der Waals surface area contributed by atoms with E-state index in [4.69, 9.17) is 4.74 Å². The second kappa shape index (κ2) is 7.11. The molecule has 2 aromatic heterocycles. The SMILES string of the molecule is COc1ccc(-c2[nH]ncc2CN2CCCC[C@@H]2c2ncc[nH]2)cc1. The van der Waals surface area contributed by atoms with Crippen LogP contribution in [-0.4, -0.2) is 38.7 Å². The van der Waals surface area contributed by atoms with Gasteiger partial charge in [-0.05, 0) is 43.7 Å². The van der Waals surface area contributed by atoms with Gasteiger partial charge in [0.15, 0.2) is 0 Å². The van der Waals surface area contributed by atoms with Gasteiger partial charge in [0, 0.05) is 30.1 Å². The summed E-state index contributed by atoms with van der Waals surface area (Å²) in [6.07, 6.45) is 9.30. The van der Waals surface area contributed by atoms with E-state index in [0.29, 0.717) is 6.04 Å². The number of hydrogen-bond acceptors (Lipinski definition) is 4. The predicted molar refractivity (Wildman–Crippen MR) is 96.2 cm³/mol. The number of imidazole rings is 1. The number of methoxy groups -OCH3 is 1. The number of likely N-dealkylation sites (tertiary alicyclic amines) is 1. The Hall–Kier alpha value is -2.60. The quantitative estimate of drug-likeness (QED) is 0.747. The Labute approximate surface area is 147 Å². The monoisotopic (exact) mass is 337 g/mol. The maximum atomic E-state index is 5.25. The third kappa shape index (κ3) is 3.30. The smallest absolute Gasteiger partial charge is 0.123 e. The number of benzene rings is 1. The second-order valence-corrected chi connectivity index (χ2v) is 6.46. The molecule has 1 atom stereocenters. The van der Waals surface area contributed by atoms with Crippen molar-refractivity contribution in [2.45, 2.75) is 31.8 Å². The summed E-state index contributed by atoms with van der Waals surface area (Å²) in [4.78, 5) is 10.3. The van der Waals surface area contributed by atoms with E-state index in [-0.39, 0.29) is 0 Å². The minimum Gasteiger partial charge on any atom is -0.497 e. The number of rotatable bonds is 5. The average molecular weight is 337 g/mol. The Morgan fingerprint density at radius 2 is 2.12 bits per heavy atom. The van der Waals surface area contributed by atoms with Crippen molar-refractivity contribution in [1.29, 1.82) is 0 Å². The standard InChI is InChI=1S/C19H23N5O/c1-25-16-7-5-14(6-8-16)18-15(12-22-23-18)13-24-11-3-2-4-17(24)19-20-9-10-21-19/h5-10,12,17H,2-4,11,13H2,1H3,(H,20,21)(H,22,23)/t17-/m1/s1. The lowest BCUT2D eigenvalue weighted by Crippen LogP contribution is -2.33. The van der Waals surface area contributed by atoms with Gasteiger partial charge in [-0.3, -0.25) is 10.00 Å². The highest BCUT2D eigenvalue weighted by Gasteiger charge is 2.26. The first-order valence-electron chi connectivity index (χ1n) is 8.75. The number of hydrogen-bond donors (Lipinski definition) is 2. The molecule has 0 radical (unpaired) electrons. The average Bonchev–Trinajstić information content (AvgIpc) is 3.34. The van der Waals surface area contributed by atoms with E-state index in [1.807, 2.05) is 30.7 Å². The van der Waals surface area contributed by atoms with Gasteiger partial charge in [0.1, 0.15) is 11.6 Å². The van der Waals surface area contributed by atoms with Gasteiger partial charge in [0.05, 0.1) is 25.0 Å². The zero-order valence-corrected chi connectivity index (χ0v) is 14.4. The van der Waals surface area contributed by atoms with Gasteiger partial charge < -0.3 is 9.72 Å². The number of piperidine rings is 1. The summed E-state index contributed by atoms with van der Waals surface area (Å²) >= 11 is 0. The molecule has 4 rings (SSSR count). The molecular weight excluding hydrogens is 314 g/mol. The van der Waals surface area contributed by atoms with E-state index in [9.17, 15) is 0 Å². The predicted octanol–water partition coefficient (Wildman–Crippen LogP) is 3.54. The van der Waals surface area contributed by atoms with Gasteiger partial charge in [0.2, 0.25) is 0 Å². The maximum Gasteiger partial charge on any atom is 0.123 e. The first-order chi connectivity index (χ1) is 12.3. The van der Waals surface area contributed by atoms with Crippen molar-refractivity contribution in [3.8, 4) is 17.0 Å². The van der Waals surface area contributed by atoms with Crippen LogP contribution in [0.1, 0.15) is 36.7 Å². The van der Waals surface area contributed by atoms with E-state index in [0.717, 1.165) is 42.3 Å². The van der Waals surface area contributed by atoms with Crippen LogP contribution >= 0.6 is 0 Å². The molecule has 1 aliphatic heterocycles. The zero-order valence-electron chi connectivity index (χ0n) is 14.4. The third-order valence-corrected chi connectivity index (χ3v) is 4.92. The van der Waals surface area contributed by atoms with Crippen molar-refractivity contribution in [3.05, 3.63) is 54.2 Å². The zero-order chi connectivity index (χ0) is 17.1. The summed E-state index contributed by atoms with van der Waals surface area (Å²) < 4.78 is 5.25. The summed E-state index contributed by atoms with van der Waals surface area (Å²) in [5.74, 6) is 1.92. The minimum absolute atomic E-state index is 0.349. The van der Waals surface area contributed by atoms with Crippen molar-refractivity contribution in [3.63, 3.8) is 0 Å². The maximum absolute atomic E-state index is 5.25. The van der Waals surface area contributed by atoms with Gasteiger partial charge in [-0.25, -0.2) is 4.98 Å². The number of aromatic amines is 2. The number of nitrogens with one attached hydrogen (secondary N) is 2. The van der Waals surface area contributed by atoms with Gasteiger partial charge in [-0.1, -0.05) is 6.42 Å². The highest BCUT2D eigenvalue weighted by molar-refractivity contribution is 5.63. The van der Waals surface area contributed by atoms with E-state index in [2.05, 4.69) is 37.2 Å². The van der Waals surface area contributed by atoms with E-state index in [1.165, 1.54) is 18.4 Å². The van der Waals surface area contributed by atoms with Gasteiger partial charge in [-0.15, -0.1) is 0 Å². The molecular formula is C19H23N5O. The third-order valence-electron chi connectivity index (χ3n) is 4.92. The largest absolute Gasteiger partial charge is 0.497 e. The second-order valence-electron chi connectivity index (χ2n) is 6.46. The van der Waals surface area contributed by atoms with Crippen LogP contribution in [0.4, 0.5) is 0 Å². The van der Waals surface area contributed by atoms with Crippen molar-refractivity contribution in [2.75, 3.05) is 13.7 Å². The lowest BCUT2D eigenvalue weighted by molar-refractivity contribution is 0.134. The first-order valence-corrected chi connectivity index (χ1v) is 8.75. The van der Waals surface area contributed by atoms with Crippen LogP contribution in [0.15, 0.2) is 42.9 Å². The van der Waals surface area contributed by atoms with Crippen molar-refractivity contribution >= 4 is 0 Å². The minimum atomic E-state index is 0.349. The lowest BCUT2D eigenvalue weighted by Gasteiger charge is -2.34. The Morgan fingerprint density at radius 3 is 2.88 bits per heavy atom. The Morgan fingerprint density at radius 1 is 1.24 bits per heavy atom. The molecule has 0 unspecified atom stereocenters. The molecule has 3 heterocycles. The van der Waals surface area contributed by atoms with Crippen LogP contribution in [0.25, 0.3) is 11.3 Å². The number of nitrogens with zero attached hydrogens (tertiary/aromatic N) is 3. The molecule has 0 bridgehead atoms. The first kappa shape index (κ1) is 15.9. The van der Waals surface area contributed by atoms with E-state index < -0.39 is 0 Å². The van der Waals surface area contributed by atoms with Gasteiger partial charge in [0.25, 0.3) is 0 Å². The number of aromatic nitrogens is 4. The van der Waals surface area contributed by atoms with Crippen LogP contribution in [0.3, 0.4) is 0 Å². The topological polar surface area (TPSA) is 69.8 Å². The summed E-state index contributed by atoms with van der Waals surface area (Å²) in [6.45, 7) is 1.95. The van der Waals surface area contributed by atoms with Crippen LogP contribution < -0.4 is 4.74 Å². The molecule has 0 spiro atoms.